The molecule has 0 heterocycles. The molecule has 1 heteroatoms. The van der Waals surface area contributed by atoms with Gasteiger partial charge in [0, 0.05) is 5.92 Å². The van der Waals surface area contributed by atoms with Gasteiger partial charge < -0.3 is 4.79 Å². The molecule has 0 saturated carbocycles. The Morgan fingerprint density at radius 3 is 2.28 bits per heavy atom. The van der Waals surface area contributed by atoms with Crippen molar-refractivity contribution in [1.82, 2.24) is 0 Å². The Labute approximate surface area is 111 Å². The van der Waals surface area contributed by atoms with E-state index in [1.54, 1.807) is 0 Å². The van der Waals surface area contributed by atoms with Crippen LogP contribution in [-0.4, -0.2) is 6.29 Å². The van der Waals surface area contributed by atoms with E-state index in [0.29, 0.717) is 0 Å². The Morgan fingerprint density at radius 2 is 1.67 bits per heavy atom. The second kappa shape index (κ2) is 8.46. The molecule has 0 radical (unpaired) electrons. The van der Waals surface area contributed by atoms with Crippen molar-refractivity contribution in [3.63, 3.8) is 0 Å². The highest BCUT2D eigenvalue weighted by Gasteiger charge is 2.02. The monoisotopic (exact) mass is 244 g/mol. The van der Waals surface area contributed by atoms with Crippen molar-refractivity contribution in [2.24, 2.45) is 5.92 Å². The third-order valence-electron chi connectivity index (χ3n) is 2.60. The first-order valence-corrected chi connectivity index (χ1v) is 6.22. The molecular weight excluding hydrogens is 220 g/mol. The lowest BCUT2D eigenvalue weighted by atomic mass is 9.99. The van der Waals surface area contributed by atoms with Gasteiger partial charge in [-0.15, -0.1) is 0 Å². The van der Waals surface area contributed by atoms with Crippen LogP contribution in [0, 0.1) is 5.92 Å². The van der Waals surface area contributed by atoms with Gasteiger partial charge in [0.05, 0.1) is 0 Å². The lowest BCUT2D eigenvalue weighted by molar-refractivity contribution is -0.110. The third kappa shape index (κ3) is 4.33. The molecule has 0 fully saturated rings. The summed E-state index contributed by atoms with van der Waals surface area (Å²) in [7, 11) is 0. The highest BCUT2D eigenvalue weighted by atomic mass is 16.1. The van der Waals surface area contributed by atoms with E-state index in [1.807, 2.05) is 32.9 Å². The summed E-state index contributed by atoms with van der Waals surface area (Å²) in [5, 5.41) is 2.49. The van der Waals surface area contributed by atoms with Crippen LogP contribution in [0.3, 0.4) is 0 Å². The fourth-order valence-corrected chi connectivity index (χ4v) is 1.79. The number of hydrogen-bond acceptors (Lipinski definition) is 1. The standard InChI is InChI=1S/C14H14O.C2H6.CH4/c1-11(10-15)8-12-6-7-13-4-2-3-5-14(13)9-12;1-2;/h2-7,9-11H,8H2,1H3;1-2H3;1H4. The fourth-order valence-electron chi connectivity index (χ4n) is 1.79. The zero-order valence-corrected chi connectivity index (χ0v) is 10.8. The zero-order chi connectivity index (χ0) is 12.7. The largest absolute Gasteiger partial charge is 0.303 e. The molecule has 0 aliphatic heterocycles. The molecule has 0 aromatic heterocycles. The van der Waals surface area contributed by atoms with Crippen molar-refractivity contribution in [3.05, 3.63) is 48.0 Å². The van der Waals surface area contributed by atoms with Crippen molar-refractivity contribution >= 4 is 17.1 Å². The molecule has 2 aromatic rings. The first-order chi connectivity index (χ1) is 8.29. The van der Waals surface area contributed by atoms with Crippen molar-refractivity contribution in [2.45, 2.75) is 34.6 Å². The fraction of sp³-hybridized carbons (Fsp3) is 0.353. The van der Waals surface area contributed by atoms with Crippen molar-refractivity contribution in [1.29, 1.82) is 0 Å². The summed E-state index contributed by atoms with van der Waals surface area (Å²) >= 11 is 0. The minimum absolute atomic E-state index is 0. The summed E-state index contributed by atoms with van der Waals surface area (Å²) < 4.78 is 0. The summed E-state index contributed by atoms with van der Waals surface area (Å²) in [6.07, 6.45) is 1.84. The van der Waals surface area contributed by atoms with Gasteiger partial charge in [-0.3, -0.25) is 0 Å². The number of fused-ring (bicyclic) bond motifs is 1. The van der Waals surface area contributed by atoms with E-state index in [9.17, 15) is 4.79 Å². The molecule has 2 aromatic carbocycles. The normalized spacial score (nSPS) is 10.8. The molecule has 0 aliphatic carbocycles. The number of rotatable bonds is 3. The molecule has 0 amide bonds. The number of benzene rings is 2. The Hall–Kier alpha value is -1.63. The van der Waals surface area contributed by atoms with Crippen molar-refractivity contribution < 1.29 is 4.79 Å². The lowest BCUT2D eigenvalue weighted by Crippen LogP contribution is -2.00. The van der Waals surface area contributed by atoms with Gasteiger partial charge in [-0.2, -0.15) is 0 Å². The van der Waals surface area contributed by atoms with E-state index < -0.39 is 0 Å². The van der Waals surface area contributed by atoms with E-state index in [2.05, 4.69) is 30.3 Å². The average Bonchev–Trinajstić information content (AvgIpc) is 2.41. The van der Waals surface area contributed by atoms with Gasteiger partial charge in [0.1, 0.15) is 6.29 Å². The Morgan fingerprint density at radius 1 is 1.06 bits per heavy atom. The number of aldehydes is 1. The maximum Gasteiger partial charge on any atom is 0.123 e. The van der Waals surface area contributed by atoms with Crippen LogP contribution >= 0.6 is 0 Å². The predicted molar refractivity (Wildman–Crippen MR) is 81.0 cm³/mol. The SMILES string of the molecule is C.CC.CC(C=O)Cc1ccc2ccccc2c1. The van der Waals surface area contributed by atoms with Gasteiger partial charge in [-0.25, -0.2) is 0 Å². The average molecular weight is 244 g/mol. The van der Waals surface area contributed by atoms with E-state index in [0.717, 1.165) is 12.7 Å². The van der Waals surface area contributed by atoms with Crippen molar-refractivity contribution in [3.8, 4) is 0 Å². The first kappa shape index (κ1) is 16.4. The molecular formula is C17H24O. The summed E-state index contributed by atoms with van der Waals surface area (Å²) in [6.45, 7) is 5.95. The molecule has 1 atom stereocenters. The molecule has 1 unspecified atom stereocenters. The molecule has 0 N–H and O–H groups in total. The van der Waals surface area contributed by atoms with Crippen molar-refractivity contribution in [2.75, 3.05) is 0 Å². The van der Waals surface area contributed by atoms with E-state index in [4.69, 9.17) is 0 Å². The van der Waals surface area contributed by atoms with Crippen LogP contribution in [-0.2, 0) is 11.2 Å². The number of hydrogen-bond donors (Lipinski definition) is 0. The van der Waals surface area contributed by atoms with Crippen LogP contribution in [0.4, 0.5) is 0 Å². The Kier molecular flexibility index (Phi) is 7.69. The zero-order valence-electron chi connectivity index (χ0n) is 10.8. The second-order valence-electron chi connectivity index (χ2n) is 4.00. The van der Waals surface area contributed by atoms with Crippen LogP contribution in [0.2, 0.25) is 0 Å². The maximum absolute atomic E-state index is 10.6. The Bertz CT molecular complexity index is 474. The third-order valence-corrected chi connectivity index (χ3v) is 2.60. The number of carbonyl (C=O) groups excluding carboxylic acids is 1. The van der Waals surface area contributed by atoms with Gasteiger partial charge in [-0.1, -0.05) is 70.7 Å². The molecule has 98 valence electrons. The van der Waals surface area contributed by atoms with E-state index >= 15 is 0 Å². The summed E-state index contributed by atoms with van der Waals surface area (Å²) in [5.41, 5.74) is 1.23. The van der Waals surface area contributed by atoms with Gasteiger partial charge in [0.25, 0.3) is 0 Å². The molecule has 2 rings (SSSR count). The van der Waals surface area contributed by atoms with Gasteiger partial charge in [-0.05, 0) is 22.8 Å². The molecule has 0 aliphatic rings. The van der Waals surface area contributed by atoms with Gasteiger partial charge in [0.2, 0.25) is 0 Å². The van der Waals surface area contributed by atoms with Crippen LogP contribution in [0.15, 0.2) is 42.5 Å². The summed E-state index contributed by atoms with van der Waals surface area (Å²) in [5.74, 6) is 0.103. The minimum Gasteiger partial charge on any atom is -0.303 e. The number of carbonyl (C=O) groups is 1. The molecule has 0 bridgehead atoms. The van der Waals surface area contributed by atoms with Gasteiger partial charge in [0.15, 0.2) is 0 Å². The first-order valence-electron chi connectivity index (χ1n) is 6.22. The molecule has 18 heavy (non-hydrogen) atoms. The topological polar surface area (TPSA) is 17.1 Å². The highest BCUT2D eigenvalue weighted by molar-refractivity contribution is 5.83. The quantitative estimate of drug-likeness (QED) is 0.703. The predicted octanol–water partition coefficient (Wildman–Crippen LogP) is 4.88. The van der Waals surface area contributed by atoms with E-state index in [-0.39, 0.29) is 13.3 Å². The smallest absolute Gasteiger partial charge is 0.123 e. The van der Waals surface area contributed by atoms with E-state index in [1.165, 1.54) is 16.3 Å². The summed E-state index contributed by atoms with van der Waals surface area (Å²) in [4.78, 5) is 10.6. The lowest BCUT2D eigenvalue weighted by Gasteiger charge is -2.05. The van der Waals surface area contributed by atoms with Crippen LogP contribution in [0.25, 0.3) is 10.8 Å². The summed E-state index contributed by atoms with van der Waals surface area (Å²) in [6, 6.07) is 14.7. The van der Waals surface area contributed by atoms with Crippen LogP contribution in [0.5, 0.6) is 0 Å². The van der Waals surface area contributed by atoms with Crippen LogP contribution < -0.4 is 0 Å². The van der Waals surface area contributed by atoms with Crippen LogP contribution in [0.1, 0.15) is 33.8 Å². The second-order valence-corrected chi connectivity index (χ2v) is 4.00. The highest BCUT2D eigenvalue weighted by Crippen LogP contribution is 2.17. The molecule has 1 nitrogen and oxygen atoms in total. The Balaban J connectivity index is 0.000000917. The maximum atomic E-state index is 10.6. The molecule has 0 saturated heterocycles. The van der Waals surface area contributed by atoms with Gasteiger partial charge >= 0.3 is 0 Å². The minimum atomic E-state index is 0. The molecule has 0 spiro atoms.